The first-order valence-electron chi connectivity index (χ1n) is 9.25. The number of benzene rings is 2. The van der Waals surface area contributed by atoms with Crippen molar-refractivity contribution in [2.75, 3.05) is 41.3 Å². The molecule has 0 bridgehead atoms. The van der Waals surface area contributed by atoms with Crippen LogP contribution in [0.3, 0.4) is 0 Å². The third kappa shape index (κ3) is 6.19. The number of ketones is 1. The van der Waals surface area contributed by atoms with Gasteiger partial charge >= 0.3 is 0 Å². The number of allylic oxidation sites excluding steroid dienone is 1. The van der Waals surface area contributed by atoms with E-state index in [9.17, 15) is 9.35 Å². The second-order valence-electron chi connectivity index (χ2n) is 6.13. The Balaban J connectivity index is 2.12. The van der Waals surface area contributed by atoms with Gasteiger partial charge in [0.15, 0.2) is 17.3 Å². The normalized spacial score (nSPS) is 12.1. The summed E-state index contributed by atoms with van der Waals surface area (Å²) in [5.41, 5.74) is 1.28. The fourth-order valence-corrected chi connectivity index (χ4v) is 3.62. The highest BCUT2D eigenvalue weighted by atomic mass is 32.2. The number of rotatable bonds is 11. The van der Waals surface area contributed by atoms with Crippen LogP contribution in [0.25, 0.3) is 12.2 Å². The van der Waals surface area contributed by atoms with Crippen molar-refractivity contribution in [2.45, 2.75) is 0 Å². The lowest BCUT2D eigenvalue weighted by Crippen LogP contribution is -2.11. The van der Waals surface area contributed by atoms with Crippen LogP contribution in [0.4, 0.5) is 0 Å². The summed E-state index contributed by atoms with van der Waals surface area (Å²) >= 11 is -1.52. The molecule has 166 valence electrons. The molecule has 0 spiro atoms. The molecule has 0 aliphatic rings. The van der Waals surface area contributed by atoms with Crippen molar-refractivity contribution in [1.82, 2.24) is 0 Å². The molecule has 0 aromatic heterocycles. The van der Waals surface area contributed by atoms with Crippen LogP contribution in [0.1, 0.15) is 11.1 Å². The van der Waals surface area contributed by atoms with Gasteiger partial charge in [0.2, 0.25) is 11.5 Å². The molecule has 2 rings (SSSR count). The van der Waals surface area contributed by atoms with Crippen LogP contribution in [0.15, 0.2) is 41.8 Å². The molecule has 1 unspecified atom stereocenters. The zero-order valence-electron chi connectivity index (χ0n) is 18.2. The van der Waals surface area contributed by atoms with Crippen LogP contribution in [0.2, 0.25) is 0 Å². The Labute approximate surface area is 185 Å². The molecule has 0 saturated carbocycles. The molecular weight excluding hydrogens is 420 g/mol. The Morgan fingerprint density at radius 3 is 2.00 bits per heavy atom. The summed E-state index contributed by atoms with van der Waals surface area (Å²) in [7, 11) is 7.62. The molecule has 0 aliphatic carbocycles. The quantitative estimate of drug-likeness (QED) is 0.384. The maximum absolute atomic E-state index is 12.4. The van der Waals surface area contributed by atoms with Gasteiger partial charge in [0.25, 0.3) is 0 Å². The monoisotopic (exact) mass is 446 g/mol. The summed E-state index contributed by atoms with van der Waals surface area (Å²) in [5.74, 6) is 2.08. The van der Waals surface area contributed by atoms with Gasteiger partial charge in [-0.1, -0.05) is 6.07 Å². The van der Waals surface area contributed by atoms with Crippen LogP contribution in [0.5, 0.6) is 28.7 Å². The Hall–Kier alpha value is -3.10. The van der Waals surface area contributed by atoms with E-state index < -0.39 is 11.2 Å². The molecule has 2 aromatic rings. The van der Waals surface area contributed by atoms with E-state index in [1.807, 2.05) is 0 Å². The minimum Gasteiger partial charge on any atom is -0.612 e. The number of carbonyl (C=O) groups is 1. The molecule has 1 atom stereocenters. The first kappa shape index (κ1) is 24.2. The van der Waals surface area contributed by atoms with Crippen molar-refractivity contribution < 1.29 is 33.0 Å². The van der Waals surface area contributed by atoms with Crippen molar-refractivity contribution in [3.63, 3.8) is 0 Å². The lowest BCUT2D eigenvalue weighted by molar-refractivity contribution is -0.112. The molecule has 0 aliphatic heterocycles. The minimum atomic E-state index is -1.52. The molecule has 0 fully saturated rings. The molecule has 8 heteroatoms. The lowest BCUT2D eigenvalue weighted by Gasteiger charge is -2.13. The van der Waals surface area contributed by atoms with E-state index in [2.05, 4.69) is 0 Å². The largest absolute Gasteiger partial charge is 0.612 e. The number of carbonyl (C=O) groups excluding carboxylic acids is 1. The fraction of sp³-hybridized carbons (Fsp3) is 0.261. The molecule has 0 amide bonds. The number of methoxy groups -OCH3 is 5. The van der Waals surface area contributed by atoms with Gasteiger partial charge in [0.05, 0.1) is 41.1 Å². The van der Waals surface area contributed by atoms with Gasteiger partial charge in [0.1, 0.15) is 16.9 Å². The first-order chi connectivity index (χ1) is 15.0. The average molecular weight is 447 g/mol. The zero-order chi connectivity index (χ0) is 22.8. The topological polar surface area (TPSA) is 86.3 Å². The van der Waals surface area contributed by atoms with Gasteiger partial charge in [0, 0.05) is 11.6 Å². The van der Waals surface area contributed by atoms with Crippen molar-refractivity contribution in [3.8, 4) is 28.7 Å². The Morgan fingerprint density at radius 1 is 0.839 bits per heavy atom. The van der Waals surface area contributed by atoms with Crippen molar-refractivity contribution in [2.24, 2.45) is 0 Å². The van der Waals surface area contributed by atoms with Crippen LogP contribution < -0.4 is 23.7 Å². The SMILES string of the molecule is COc1cccc(OC)c1C=C[S+]([O-])CC(=O)C=Cc1ccc(OC)c(OC)c1OC. The summed E-state index contributed by atoms with van der Waals surface area (Å²) in [5, 5.41) is 1.45. The highest BCUT2D eigenvalue weighted by Gasteiger charge is 2.15. The molecule has 0 radical (unpaired) electrons. The van der Waals surface area contributed by atoms with E-state index in [-0.39, 0.29) is 11.5 Å². The third-order valence-electron chi connectivity index (χ3n) is 4.32. The Bertz CT molecular complexity index is 931. The molecular formula is C23H26O7S. The summed E-state index contributed by atoms with van der Waals surface area (Å²) in [6.45, 7) is 0. The van der Waals surface area contributed by atoms with Crippen LogP contribution in [0, 0.1) is 0 Å². The van der Waals surface area contributed by atoms with E-state index in [0.29, 0.717) is 39.9 Å². The van der Waals surface area contributed by atoms with Crippen molar-refractivity contribution in [1.29, 1.82) is 0 Å². The highest BCUT2D eigenvalue weighted by molar-refractivity contribution is 7.95. The lowest BCUT2D eigenvalue weighted by atomic mass is 10.1. The number of hydrogen-bond donors (Lipinski definition) is 0. The maximum Gasteiger partial charge on any atom is 0.205 e. The second kappa shape index (κ2) is 11.9. The summed E-state index contributed by atoms with van der Waals surface area (Å²) in [6.07, 6.45) is 4.58. The number of ether oxygens (including phenoxy) is 5. The smallest absolute Gasteiger partial charge is 0.205 e. The zero-order valence-corrected chi connectivity index (χ0v) is 19.0. The summed E-state index contributed by atoms with van der Waals surface area (Å²) in [6, 6.07) is 8.80. The first-order valence-corrected chi connectivity index (χ1v) is 10.6. The van der Waals surface area contributed by atoms with Crippen molar-refractivity contribution >= 4 is 29.1 Å². The van der Waals surface area contributed by atoms with Gasteiger partial charge in [-0.25, -0.2) is 0 Å². The van der Waals surface area contributed by atoms with Gasteiger partial charge < -0.3 is 28.2 Å². The summed E-state index contributed by atoms with van der Waals surface area (Å²) < 4.78 is 39.0. The predicted molar refractivity (Wildman–Crippen MR) is 122 cm³/mol. The molecule has 31 heavy (non-hydrogen) atoms. The van der Waals surface area contributed by atoms with E-state index >= 15 is 0 Å². The molecule has 7 nitrogen and oxygen atoms in total. The van der Waals surface area contributed by atoms with Crippen LogP contribution >= 0.6 is 0 Å². The second-order valence-corrected chi connectivity index (χ2v) is 7.45. The standard InChI is InChI=1S/C23H26O7S/c1-26-19-7-6-8-20(27-2)18(19)13-14-31(25)15-17(24)11-9-16-10-12-21(28-3)23(30-5)22(16)29-4/h6-14H,15H2,1-5H3. The van der Waals surface area contributed by atoms with E-state index in [0.717, 1.165) is 0 Å². The molecule has 2 aromatic carbocycles. The molecule has 0 N–H and O–H groups in total. The predicted octanol–water partition coefficient (Wildman–Crippen LogP) is 3.73. The van der Waals surface area contributed by atoms with Crippen LogP contribution in [-0.4, -0.2) is 51.6 Å². The van der Waals surface area contributed by atoms with Gasteiger partial charge in [-0.15, -0.1) is 0 Å². The van der Waals surface area contributed by atoms with Crippen LogP contribution in [-0.2, 0) is 16.0 Å². The Kier molecular flexibility index (Phi) is 9.30. The van der Waals surface area contributed by atoms with E-state index in [1.54, 1.807) is 56.7 Å². The third-order valence-corrected chi connectivity index (χ3v) is 5.33. The fourth-order valence-electron chi connectivity index (χ4n) is 2.86. The van der Waals surface area contributed by atoms with Gasteiger partial charge in [-0.3, -0.25) is 4.79 Å². The highest BCUT2D eigenvalue weighted by Crippen LogP contribution is 2.40. The maximum atomic E-state index is 12.4. The molecule has 0 saturated heterocycles. The number of hydrogen-bond acceptors (Lipinski definition) is 7. The van der Waals surface area contributed by atoms with Gasteiger partial charge in [-0.05, 0) is 47.6 Å². The molecule has 0 heterocycles. The van der Waals surface area contributed by atoms with E-state index in [4.69, 9.17) is 23.7 Å². The van der Waals surface area contributed by atoms with Gasteiger partial charge in [-0.2, -0.15) is 0 Å². The Morgan fingerprint density at radius 2 is 1.45 bits per heavy atom. The van der Waals surface area contributed by atoms with E-state index in [1.165, 1.54) is 32.8 Å². The van der Waals surface area contributed by atoms with Crippen molar-refractivity contribution in [3.05, 3.63) is 52.9 Å². The summed E-state index contributed by atoms with van der Waals surface area (Å²) in [4.78, 5) is 12.3. The minimum absolute atomic E-state index is 0.167. The average Bonchev–Trinajstić information content (AvgIpc) is 2.79.